The van der Waals surface area contributed by atoms with Gasteiger partial charge in [-0.1, -0.05) is 37.0 Å². The van der Waals surface area contributed by atoms with Gasteiger partial charge >= 0.3 is 0 Å². The van der Waals surface area contributed by atoms with E-state index < -0.39 is 6.10 Å². The van der Waals surface area contributed by atoms with Crippen LogP contribution in [0.5, 0.6) is 5.75 Å². The molecule has 1 aromatic carbocycles. The van der Waals surface area contributed by atoms with Crippen LogP contribution < -0.4 is 10.1 Å². The smallest absolute Gasteiger partial charge is 0.122 e. The third-order valence-corrected chi connectivity index (χ3v) is 4.30. The molecular formula is C18H29NO2. The molecule has 1 aromatic rings. The fourth-order valence-electron chi connectivity index (χ4n) is 3.05. The Labute approximate surface area is 128 Å². The summed E-state index contributed by atoms with van der Waals surface area (Å²) >= 11 is 0. The molecule has 3 heteroatoms. The standard InChI is InChI=1S/C18H29NO2/c1-14-8-9-18(15(2)10-14)21-13-17(20)12-19-11-16-6-4-3-5-7-16/h8-10,16-17,19-20H,3-7,11-13H2,1-2H3. The Morgan fingerprint density at radius 1 is 1.24 bits per heavy atom. The second kappa shape index (κ2) is 8.40. The minimum Gasteiger partial charge on any atom is -0.491 e. The van der Waals surface area contributed by atoms with Crippen molar-refractivity contribution < 1.29 is 9.84 Å². The molecule has 1 atom stereocenters. The van der Waals surface area contributed by atoms with E-state index in [0.717, 1.165) is 23.8 Å². The Hall–Kier alpha value is -1.06. The molecule has 0 aliphatic heterocycles. The van der Waals surface area contributed by atoms with Gasteiger partial charge < -0.3 is 15.2 Å². The highest BCUT2D eigenvalue weighted by atomic mass is 16.5. The first-order chi connectivity index (χ1) is 10.1. The maximum absolute atomic E-state index is 10.00. The van der Waals surface area contributed by atoms with Crippen LogP contribution in [-0.4, -0.2) is 30.9 Å². The quantitative estimate of drug-likeness (QED) is 0.810. The fourth-order valence-corrected chi connectivity index (χ4v) is 3.05. The summed E-state index contributed by atoms with van der Waals surface area (Å²) in [5, 5.41) is 13.4. The highest BCUT2D eigenvalue weighted by Gasteiger charge is 2.13. The molecule has 0 bridgehead atoms. The average molecular weight is 291 g/mol. The maximum Gasteiger partial charge on any atom is 0.122 e. The number of benzene rings is 1. The van der Waals surface area contributed by atoms with Gasteiger partial charge in [0.25, 0.3) is 0 Å². The zero-order valence-corrected chi connectivity index (χ0v) is 13.4. The SMILES string of the molecule is Cc1ccc(OCC(O)CNCC2CCCCC2)c(C)c1. The molecular weight excluding hydrogens is 262 g/mol. The molecule has 3 nitrogen and oxygen atoms in total. The van der Waals surface area contributed by atoms with Crippen molar-refractivity contribution in [2.75, 3.05) is 19.7 Å². The summed E-state index contributed by atoms with van der Waals surface area (Å²) in [6.45, 7) is 6.10. The third-order valence-electron chi connectivity index (χ3n) is 4.30. The first-order valence-electron chi connectivity index (χ1n) is 8.24. The van der Waals surface area contributed by atoms with E-state index in [1.807, 2.05) is 19.1 Å². The second-order valence-electron chi connectivity index (χ2n) is 6.40. The van der Waals surface area contributed by atoms with Gasteiger partial charge in [-0.15, -0.1) is 0 Å². The molecule has 1 fully saturated rings. The lowest BCUT2D eigenvalue weighted by atomic mass is 9.89. The maximum atomic E-state index is 10.00. The highest BCUT2D eigenvalue weighted by Crippen LogP contribution is 2.22. The Balaban J connectivity index is 1.63. The first kappa shape index (κ1) is 16.3. The summed E-state index contributed by atoms with van der Waals surface area (Å²) in [6, 6.07) is 6.12. The van der Waals surface area contributed by atoms with E-state index in [1.165, 1.54) is 37.7 Å². The van der Waals surface area contributed by atoms with Gasteiger partial charge in [-0.3, -0.25) is 0 Å². The van der Waals surface area contributed by atoms with E-state index in [2.05, 4.69) is 18.3 Å². The molecule has 1 aliphatic carbocycles. The summed E-state index contributed by atoms with van der Waals surface area (Å²) in [5.41, 5.74) is 2.35. The second-order valence-corrected chi connectivity index (χ2v) is 6.40. The van der Waals surface area contributed by atoms with E-state index in [0.29, 0.717) is 13.2 Å². The summed E-state index contributed by atoms with van der Waals surface area (Å²) in [4.78, 5) is 0. The van der Waals surface area contributed by atoms with Gasteiger partial charge in [-0.05, 0) is 50.8 Å². The summed E-state index contributed by atoms with van der Waals surface area (Å²) < 4.78 is 5.71. The molecule has 0 aromatic heterocycles. The van der Waals surface area contributed by atoms with Crippen molar-refractivity contribution in [3.63, 3.8) is 0 Å². The Morgan fingerprint density at radius 3 is 2.71 bits per heavy atom. The lowest BCUT2D eigenvalue weighted by molar-refractivity contribution is 0.104. The number of aliphatic hydroxyl groups is 1. The predicted octanol–water partition coefficient (Wildman–Crippen LogP) is 3.21. The third kappa shape index (κ3) is 5.68. The van der Waals surface area contributed by atoms with E-state index in [1.54, 1.807) is 0 Å². The van der Waals surface area contributed by atoms with Gasteiger partial charge in [0.1, 0.15) is 18.5 Å². The Bertz CT molecular complexity index is 427. The minimum atomic E-state index is -0.450. The van der Waals surface area contributed by atoms with Gasteiger partial charge in [0, 0.05) is 6.54 Å². The number of rotatable bonds is 7. The van der Waals surface area contributed by atoms with Crippen LogP contribution in [0.15, 0.2) is 18.2 Å². The molecule has 0 spiro atoms. The number of hydrogen-bond acceptors (Lipinski definition) is 3. The van der Waals surface area contributed by atoms with Crippen LogP contribution >= 0.6 is 0 Å². The molecule has 1 aliphatic rings. The fraction of sp³-hybridized carbons (Fsp3) is 0.667. The summed E-state index contributed by atoms with van der Waals surface area (Å²) in [5.74, 6) is 1.66. The van der Waals surface area contributed by atoms with Crippen LogP contribution in [0.1, 0.15) is 43.2 Å². The predicted molar refractivity (Wildman–Crippen MR) is 86.9 cm³/mol. The van der Waals surface area contributed by atoms with Crippen molar-refractivity contribution in [2.45, 2.75) is 52.1 Å². The van der Waals surface area contributed by atoms with Crippen molar-refractivity contribution in [3.05, 3.63) is 29.3 Å². The van der Waals surface area contributed by atoms with Gasteiger partial charge in [0.15, 0.2) is 0 Å². The number of ether oxygens (including phenoxy) is 1. The van der Waals surface area contributed by atoms with E-state index in [-0.39, 0.29) is 0 Å². The van der Waals surface area contributed by atoms with Gasteiger partial charge in [-0.25, -0.2) is 0 Å². The normalized spacial score (nSPS) is 17.7. The first-order valence-corrected chi connectivity index (χ1v) is 8.24. The van der Waals surface area contributed by atoms with Crippen LogP contribution in [0.25, 0.3) is 0 Å². The summed E-state index contributed by atoms with van der Waals surface area (Å²) in [7, 11) is 0. The summed E-state index contributed by atoms with van der Waals surface area (Å²) in [6.07, 6.45) is 6.34. The number of hydrogen-bond donors (Lipinski definition) is 2. The molecule has 0 heterocycles. The van der Waals surface area contributed by atoms with E-state index >= 15 is 0 Å². The Morgan fingerprint density at radius 2 is 2.00 bits per heavy atom. The number of nitrogens with one attached hydrogen (secondary N) is 1. The number of aryl methyl sites for hydroxylation is 2. The van der Waals surface area contributed by atoms with Crippen molar-refractivity contribution in [1.29, 1.82) is 0 Å². The zero-order valence-electron chi connectivity index (χ0n) is 13.4. The van der Waals surface area contributed by atoms with Crippen LogP contribution in [0.2, 0.25) is 0 Å². The lowest BCUT2D eigenvalue weighted by Crippen LogP contribution is -2.34. The monoisotopic (exact) mass is 291 g/mol. The zero-order chi connectivity index (χ0) is 15.1. The molecule has 0 amide bonds. The molecule has 1 saturated carbocycles. The van der Waals surface area contributed by atoms with Crippen molar-refractivity contribution in [2.24, 2.45) is 5.92 Å². The van der Waals surface area contributed by atoms with Crippen molar-refractivity contribution >= 4 is 0 Å². The van der Waals surface area contributed by atoms with Crippen LogP contribution in [0.4, 0.5) is 0 Å². The van der Waals surface area contributed by atoms with Gasteiger partial charge in [0.2, 0.25) is 0 Å². The van der Waals surface area contributed by atoms with Crippen molar-refractivity contribution in [1.82, 2.24) is 5.32 Å². The molecule has 2 N–H and O–H groups in total. The molecule has 0 radical (unpaired) electrons. The van der Waals surface area contributed by atoms with Crippen molar-refractivity contribution in [3.8, 4) is 5.75 Å². The highest BCUT2D eigenvalue weighted by molar-refractivity contribution is 5.35. The molecule has 118 valence electrons. The van der Waals surface area contributed by atoms with E-state index in [4.69, 9.17) is 4.74 Å². The van der Waals surface area contributed by atoms with E-state index in [9.17, 15) is 5.11 Å². The molecule has 1 unspecified atom stereocenters. The largest absolute Gasteiger partial charge is 0.491 e. The molecule has 21 heavy (non-hydrogen) atoms. The lowest BCUT2D eigenvalue weighted by Gasteiger charge is -2.22. The van der Waals surface area contributed by atoms with Gasteiger partial charge in [-0.2, -0.15) is 0 Å². The average Bonchev–Trinajstić information content (AvgIpc) is 2.47. The number of aliphatic hydroxyl groups excluding tert-OH is 1. The minimum absolute atomic E-state index is 0.349. The molecule has 2 rings (SSSR count). The van der Waals surface area contributed by atoms with Crippen LogP contribution in [0.3, 0.4) is 0 Å². The molecule has 0 saturated heterocycles. The Kier molecular flexibility index (Phi) is 6.52. The topological polar surface area (TPSA) is 41.5 Å². The van der Waals surface area contributed by atoms with Gasteiger partial charge in [0.05, 0.1) is 0 Å². The van der Waals surface area contributed by atoms with Crippen LogP contribution in [-0.2, 0) is 0 Å². The van der Waals surface area contributed by atoms with Crippen LogP contribution in [0, 0.1) is 19.8 Å².